The number of nitrogens with two attached hydrogens (primary N) is 1. The van der Waals surface area contributed by atoms with Gasteiger partial charge in [-0.25, -0.2) is 0 Å². The highest BCUT2D eigenvalue weighted by Gasteiger charge is 2.11. The number of carbonyl (C=O) groups is 1. The average molecular weight is 267 g/mol. The van der Waals surface area contributed by atoms with Crippen LogP contribution in [0.5, 0.6) is 0 Å². The van der Waals surface area contributed by atoms with Gasteiger partial charge in [0.2, 0.25) is 0 Å². The van der Waals surface area contributed by atoms with E-state index in [0.717, 1.165) is 10.9 Å². The van der Waals surface area contributed by atoms with Crippen LogP contribution in [0.1, 0.15) is 16.1 Å². The molecule has 20 heavy (non-hydrogen) atoms. The standard InChI is InChI=1S/C14H13N5O/c15-8-10-7-9(5-6-16-10)14(20)17-13-11-3-1-2-4-12(11)18-19-13/h1-7H,8,15H2,(H2,17,18,19,20). The Morgan fingerprint density at radius 3 is 3.00 bits per heavy atom. The number of hydrogen-bond donors (Lipinski definition) is 3. The molecule has 0 bridgehead atoms. The number of para-hydroxylation sites is 1. The molecule has 0 atom stereocenters. The Bertz CT molecular complexity index is 765. The summed E-state index contributed by atoms with van der Waals surface area (Å²) in [6.07, 6.45) is 1.57. The first-order chi connectivity index (χ1) is 9.78. The Kier molecular flexibility index (Phi) is 3.14. The number of H-pyrrole nitrogens is 1. The highest BCUT2D eigenvalue weighted by molar-refractivity contribution is 6.07. The number of benzene rings is 1. The van der Waals surface area contributed by atoms with Crippen molar-refractivity contribution in [1.29, 1.82) is 0 Å². The zero-order chi connectivity index (χ0) is 13.9. The average Bonchev–Trinajstić information content (AvgIpc) is 2.90. The van der Waals surface area contributed by atoms with E-state index in [0.29, 0.717) is 23.6 Å². The molecule has 6 heteroatoms. The quantitative estimate of drug-likeness (QED) is 0.672. The van der Waals surface area contributed by atoms with Crippen molar-refractivity contribution in [3.63, 3.8) is 0 Å². The van der Waals surface area contributed by atoms with Crippen LogP contribution in [0.25, 0.3) is 10.9 Å². The minimum absolute atomic E-state index is 0.237. The Balaban J connectivity index is 1.88. The van der Waals surface area contributed by atoms with E-state index in [9.17, 15) is 4.79 Å². The van der Waals surface area contributed by atoms with Crippen LogP contribution in [0.2, 0.25) is 0 Å². The summed E-state index contributed by atoms with van der Waals surface area (Å²) >= 11 is 0. The molecule has 2 heterocycles. The van der Waals surface area contributed by atoms with Gasteiger partial charge >= 0.3 is 0 Å². The van der Waals surface area contributed by atoms with Crippen LogP contribution in [0.4, 0.5) is 5.82 Å². The molecule has 0 aliphatic carbocycles. The second kappa shape index (κ2) is 5.10. The second-order valence-electron chi connectivity index (χ2n) is 4.31. The van der Waals surface area contributed by atoms with E-state index in [1.165, 1.54) is 0 Å². The third kappa shape index (κ3) is 2.24. The monoisotopic (exact) mass is 267 g/mol. The summed E-state index contributed by atoms with van der Waals surface area (Å²) in [6, 6.07) is 10.9. The van der Waals surface area contributed by atoms with Crippen molar-refractivity contribution in [3.05, 3.63) is 53.9 Å². The summed E-state index contributed by atoms with van der Waals surface area (Å²) in [5.41, 5.74) is 7.57. The second-order valence-corrected chi connectivity index (χ2v) is 4.31. The normalized spacial score (nSPS) is 10.7. The summed E-state index contributed by atoms with van der Waals surface area (Å²) < 4.78 is 0. The number of aromatic nitrogens is 3. The van der Waals surface area contributed by atoms with Crippen molar-refractivity contribution < 1.29 is 4.79 Å². The van der Waals surface area contributed by atoms with Gasteiger partial charge in [-0.15, -0.1) is 0 Å². The van der Waals surface area contributed by atoms with Gasteiger partial charge in [-0.3, -0.25) is 14.9 Å². The molecule has 6 nitrogen and oxygen atoms in total. The van der Waals surface area contributed by atoms with Crippen molar-refractivity contribution in [2.24, 2.45) is 5.73 Å². The van der Waals surface area contributed by atoms with Crippen molar-refractivity contribution >= 4 is 22.6 Å². The number of fused-ring (bicyclic) bond motifs is 1. The maximum Gasteiger partial charge on any atom is 0.257 e. The summed E-state index contributed by atoms with van der Waals surface area (Å²) in [5, 5.41) is 10.6. The van der Waals surface area contributed by atoms with Crippen molar-refractivity contribution in [3.8, 4) is 0 Å². The largest absolute Gasteiger partial charge is 0.325 e. The van der Waals surface area contributed by atoms with Crippen LogP contribution in [0.3, 0.4) is 0 Å². The smallest absolute Gasteiger partial charge is 0.257 e. The van der Waals surface area contributed by atoms with Gasteiger partial charge in [0.15, 0.2) is 5.82 Å². The van der Waals surface area contributed by atoms with Gasteiger partial charge in [0, 0.05) is 23.7 Å². The molecule has 0 radical (unpaired) electrons. The number of carbonyl (C=O) groups excluding carboxylic acids is 1. The Labute approximate surface area is 115 Å². The summed E-state index contributed by atoms with van der Waals surface area (Å²) in [5.74, 6) is 0.274. The summed E-state index contributed by atoms with van der Waals surface area (Å²) in [6.45, 7) is 0.298. The molecule has 2 aromatic heterocycles. The lowest BCUT2D eigenvalue weighted by Crippen LogP contribution is -2.13. The highest BCUT2D eigenvalue weighted by atomic mass is 16.1. The highest BCUT2D eigenvalue weighted by Crippen LogP contribution is 2.20. The molecule has 3 aromatic rings. The Morgan fingerprint density at radius 1 is 1.30 bits per heavy atom. The molecule has 0 unspecified atom stereocenters. The van der Waals surface area contributed by atoms with Crippen LogP contribution < -0.4 is 11.1 Å². The molecule has 100 valence electrons. The molecule has 4 N–H and O–H groups in total. The SMILES string of the molecule is NCc1cc(C(=O)Nc2n[nH]c3ccccc23)ccn1. The molecule has 1 amide bonds. The van der Waals surface area contributed by atoms with Gasteiger partial charge in [0.05, 0.1) is 11.2 Å². The zero-order valence-corrected chi connectivity index (χ0v) is 10.6. The summed E-state index contributed by atoms with van der Waals surface area (Å²) in [4.78, 5) is 16.3. The van der Waals surface area contributed by atoms with Gasteiger partial charge in [-0.2, -0.15) is 5.10 Å². The predicted molar refractivity (Wildman–Crippen MR) is 76.2 cm³/mol. The third-order valence-corrected chi connectivity index (χ3v) is 2.99. The van der Waals surface area contributed by atoms with E-state index >= 15 is 0 Å². The predicted octanol–water partition coefficient (Wildman–Crippen LogP) is 1.67. The van der Waals surface area contributed by atoms with Crippen LogP contribution in [-0.4, -0.2) is 21.1 Å². The third-order valence-electron chi connectivity index (χ3n) is 2.99. The minimum atomic E-state index is -0.237. The van der Waals surface area contributed by atoms with E-state index in [4.69, 9.17) is 5.73 Å². The van der Waals surface area contributed by atoms with Crippen LogP contribution in [-0.2, 0) is 6.54 Å². The summed E-state index contributed by atoms with van der Waals surface area (Å²) in [7, 11) is 0. The van der Waals surface area contributed by atoms with Gasteiger partial charge in [-0.05, 0) is 24.3 Å². The molecule has 0 aliphatic rings. The van der Waals surface area contributed by atoms with Crippen molar-refractivity contribution in [1.82, 2.24) is 15.2 Å². The molecule has 0 fully saturated rings. The first-order valence-electron chi connectivity index (χ1n) is 6.17. The van der Waals surface area contributed by atoms with E-state index in [2.05, 4.69) is 20.5 Å². The lowest BCUT2D eigenvalue weighted by molar-refractivity contribution is 0.102. The number of pyridine rings is 1. The fourth-order valence-electron chi connectivity index (χ4n) is 1.97. The lowest BCUT2D eigenvalue weighted by atomic mass is 10.2. The number of aromatic amines is 1. The topological polar surface area (TPSA) is 96.7 Å². The molecular weight excluding hydrogens is 254 g/mol. The molecule has 3 rings (SSSR count). The van der Waals surface area contributed by atoms with Gasteiger partial charge < -0.3 is 11.1 Å². The maximum atomic E-state index is 12.2. The fourth-order valence-corrected chi connectivity index (χ4v) is 1.97. The molecule has 1 aromatic carbocycles. The van der Waals surface area contributed by atoms with Gasteiger partial charge in [-0.1, -0.05) is 12.1 Å². The fraction of sp³-hybridized carbons (Fsp3) is 0.0714. The van der Waals surface area contributed by atoms with E-state index < -0.39 is 0 Å². The van der Waals surface area contributed by atoms with Crippen molar-refractivity contribution in [2.45, 2.75) is 6.54 Å². The molecule has 0 aliphatic heterocycles. The van der Waals surface area contributed by atoms with Gasteiger partial charge in [0.25, 0.3) is 5.91 Å². The number of rotatable bonds is 3. The maximum absolute atomic E-state index is 12.2. The van der Waals surface area contributed by atoms with Crippen LogP contribution >= 0.6 is 0 Å². The number of anilines is 1. The van der Waals surface area contributed by atoms with E-state index in [-0.39, 0.29) is 5.91 Å². The first kappa shape index (κ1) is 12.3. The number of amides is 1. The Morgan fingerprint density at radius 2 is 2.15 bits per heavy atom. The van der Waals surface area contributed by atoms with Gasteiger partial charge in [0.1, 0.15) is 0 Å². The zero-order valence-electron chi connectivity index (χ0n) is 10.6. The number of hydrogen-bond acceptors (Lipinski definition) is 4. The molecular formula is C14H13N5O. The van der Waals surface area contributed by atoms with E-state index in [1.54, 1.807) is 18.3 Å². The lowest BCUT2D eigenvalue weighted by Gasteiger charge is -2.04. The molecule has 0 spiro atoms. The Hall–Kier alpha value is -2.73. The van der Waals surface area contributed by atoms with Crippen LogP contribution in [0.15, 0.2) is 42.6 Å². The number of nitrogens with one attached hydrogen (secondary N) is 2. The molecule has 0 saturated carbocycles. The van der Waals surface area contributed by atoms with Crippen LogP contribution in [0, 0.1) is 0 Å². The van der Waals surface area contributed by atoms with Crippen molar-refractivity contribution in [2.75, 3.05) is 5.32 Å². The minimum Gasteiger partial charge on any atom is -0.325 e. The van der Waals surface area contributed by atoms with E-state index in [1.807, 2.05) is 24.3 Å². The number of nitrogens with zero attached hydrogens (tertiary/aromatic N) is 2. The first-order valence-corrected chi connectivity index (χ1v) is 6.17. The molecule has 0 saturated heterocycles.